The van der Waals surface area contributed by atoms with Crippen LogP contribution in [-0.2, 0) is 25.7 Å². The lowest BCUT2D eigenvalue weighted by Crippen LogP contribution is -2.44. The topological polar surface area (TPSA) is 88.8 Å². The molecule has 0 saturated heterocycles. The lowest BCUT2D eigenvalue weighted by atomic mass is 9.83. The van der Waals surface area contributed by atoms with Crippen LogP contribution in [-0.4, -0.2) is 35.8 Å². The smallest absolute Gasteiger partial charge is 0.336 e. The quantitative estimate of drug-likeness (QED) is 0.680. The molecule has 1 atom stereocenters. The number of esters is 1. The van der Waals surface area contributed by atoms with Crippen LogP contribution in [0.15, 0.2) is 58.3 Å². The Morgan fingerprint density at radius 3 is 2.63 bits per heavy atom. The van der Waals surface area contributed by atoms with E-state index in [2.05, 4.69) is 5.32 Å². The van der Waals surface area contributed by atoms with E-state index in [-0.39, 0.29) is 37.9 Å². The van der Waals surface area contributed by atoms with Gasteiger partial charge in [0.1, 0.15) is 12.3 Å². The van der Waals surface area contributed by atoms with Crippen LogP contribution >= 0.6 is 11.6 Å². The molecule has 1 aromatic carbocycles. The van der Waals surface area contributed by atoms with E-state index in [1.807, 2.05) is 0 Å². The maximum absolute atomic E-state index is 12.9. The summed E-state index contributed by atoms with van der Waals surface area (Å²) < 4.78 is 10.4. The molecule has 2 amide bonds. The molecular formula is C22H23ClN2O5. The van der Waals surface area contributed by atoms with E-state index in [0.717, 1.165) is 5.56 Å². The Morgan fingerprint density at radius 1 is 1.27 bits per heavy atom. The molecule has 0 saturated carbocycles. The summed E-state index contributed by atoms with van der Waals surface area (Å²) in [5.41, 5.74) is 1.58. The second-order valence-electron chi connectivity index (χ2n) is 6.86. The Hall–Kier alpha value is -3.06. The first kappa shape index (κ1) is 21.6. The molecular weight excluding hydrogens is 408 g/mol. The molecule has 1 aliphatic heterocycles. The highest BCUT2D eigenvalue weighted by Crippen LogP contribution is 2.37. The summed E-state index contributed by atoms with van der Waals surface area (Å²) >= 11 is 5.97. The van der Waals surface area contributed by atoms with Crippen molar-refractivity contribution >= 4 is 29.4 Å². The number of amides is 2. The monoisotopic (exact) mass is 430 g/mol. The van der Waals surface area contributed by atoms with Gasteiger partial charge in [-0.3, -0.25) is 9.59 Å². The van der Waals surface area contributed by atoms with Crippen LogP contribution in [0.1, 0.15) is 37.5 Å². The third-order valence-corrected chi connectivity index (χ3v) is 5.18. The maximum atomic E-state index is 12.9. The Labute approximate surface area is 179 Å². The highest BCUT2D eigenvalue weighted by molar-refractivity contribution is 6.30. The van der Waals surface area contributed by atoms with Gasteiger partial charge in [-0.05, 0) is 43.7 Å². The molecule has 1 unspecified atom stereocenters. The Kier molecular flexibility index (Phi) is 6.95. The largest absolute Gasteiger partial charge is 0.467 e. The molecule has 1 aromatic heterocycles. The number of carbonyl (C=O) groups is 3. The van der Waals surface area contributed by atoms with E-state index >= 15 is 0 Å². The first-order chi connectivity index (χ1) is 14.4. The van der Waals surface area contributed by atoms with Gasteiger partial charge in [-0.15, -0.1) is 0 Å². The van der Waals surface area contributed by atoms with E-state index in [0.29, 0.717) is 22.1 Å². The SMILES string of the molecule is CCOC(=O)C1=C(C)N(CC(=O)NCc2ccco2)C(=O)CC1c1ccc(Cl)cc1. The Bertz CT molecular complexity index is 950. The van der Waals surface area contributed by atoms with Crippen LogP contribution in [0.4, 0.5) is 0 Å². The molecule has 0 radical (unpaired) electrons. The molecule has 0 spiro atoms. The summed E-state index contributed by atoms with van der Waals surface area (Å²) in [5, 5.41) is 3.28. The van der Waals surface area contributed by atoms with Gasteiger partial charge in [-0.25, -0.2) is 4.79 Å². The van der Waals surface area contributed by atoms with Crippen molar-refractivity contribution in [3.63, 3.8) is 0 Å². The van der Waals surface area contributed by atoms with Crippen LogP contribution in [0.3, 0.4) is 0 Å². The number of rotatable bonds is 7. The molecule has 8 heteroatoms. The van der Waals surface area contributed by atoms with Gasteiger partial charge in [0.2, 0.25) is 11.8 Å². The normalized spacial score (nSPS) is 16.6. The van der Waals surface area contributed by atoms with Gasteiger partial charge < -0.3 is 19.4 Å². The molecule has 7 nitrogen and oxygen atoms in total. The van der Waals surface area contributed by atoms with Gasteiger partial charge >= 0.3 is 5.97 Å². The van der Waals surface area contributed by atoms with E-state index in [4.69, 9.17) is 20.8 Å². The lowest BCUT2D eigenvalue weighted by molar-refractivity contribution is -0.141. The molecule has 0 bridgehead atoms. The van der Waals surface area contributed by atoms with E-state index in [9.17, 15) is 14.4 Å². The lowest BCUT2D eigenvalue weighted by Gasteiger charge is -2.34. The van der Waals surface area contributed by atoms with Gasteiger partial charge in [-0.1, -0.05) is 23.7 Å². The minimum absolute atomic E-state index is 0.0542. The second-order valence-corrected chi connectivity index (χ2v) is 7.30. The fourth-order valence-corrected chi connectivity index (χ4v) is 3.58. The van der Waals surface area contributed by atoms with Crippen molar-refractivity contribution in [1.29, 1.82) is 0 Å². The van der Waals surface area contributed by atoms with Crippen LogP contribution in [0.2, 0.25) is 5.02 Å². The van der Waals surface area contributed by atoms with Crippen molar-refractivity contribution in [2.75, 3.05) is 13.2 Å². The predicted octanol–water partition coefficient (Wildman–Crippen LogP) is 3.40. The van der Waals surface area contributed by atoms with Crippen molar-refractivity contribution in [3.8, 4) is 0 Å². The van der Waals surface area contributed by atoms with Crippen molar-refractivity contribution in [2.24, 2.45) is 0 Å². The Balaban J connectivity index is 1.84. The minimum Gasteiger partial charge on any atom is -0.467 e. The third kappa shape index (κ3) is 4.91. The van der Waals surface area contributed by atoms with E-state index in [1.165, 1.54) is 11.2 Å². The van der Waals surface area contributed by atoms with E-state index in [1.54, 1.807) is 50.2 Å². The van der Waals surface area contributed by atoms with Crippen LogP contribution in [0.5, 0.6) is 0 Å². The predicted molar refractivity (Wildman–Crippen MR) is 110 cm³/mol. The number of ether oxygens (including phenoxy) is 1. The van der Waals surface area contributed by atoms with Crippen molar-refractivity contribution in [1.82, 2.24) is 10.2 Å². The summed E-state index contributed by atoms with van der Waals surface area (Å²) in [7, 11) is 0. The van der Waals surface area contributed by atoms with Crippen molar-refractivity contribution in [3.05, 3.63) is 70.3 Å². The molecule has 30 heavy (non-hydrogen) atoms. The standard InChI is InChI=1S/C22H23ClN2O5/c1-3-29-22(28)21-14(2)25(13-19(26)24-12-17-5-4-10-30-17)20(27)11-18(21)15-6-8-16(23)9-7-15/h4-10,18H,3,11-13H2,1-2H3,(H,24,26). The number of allylic oxidation sites excluding steroid dienone is 1. The van der Waals surface area contributed by atoms with Crippen molar-refractivity contribution < 1.29 is 23.5 Å². The van der Waals surface area contributed by atoms with Gasteiger partial charge in [0.05, 0.1) is 25.0 Å². The molecule has 1 N–H and O–H groups in total. The highest BCUT2D eigenvalue weighted by atomic mass is 35.5. The van der Waals surface area contributed by atoms with E-state index < -0.39 is 11.9 Å². The maximum Gasteiger partial charge on any atom is 0.336 e. The summed E-state index contributed by atoms with van der Waals surface area (Å²) in [6.45, 7) is 3.61. The minimum atomic E-state index is -0.497. The zero-order valence-corrected chi connectivity index (χ0v) is 17.6. The number of hydrogen-bond donors (Lipinski definition) is 1. The van der Waals surface area contributed by atoms with Crippen molar-refractivity contribution in [2.45, 2.75) is 32.7 Å². The van der Waals surface area contributed by atoms with Gasteiger partial charge in [-0.2, -0.15) is 0 Å². The molecule has 1 aliphatic rings. The molecule has 0 aliphatic carbocycles. The second kappa shape index (κ2) is 9.63. The summed E-state index contributed by atoms with van der Waals surface area (Å²) in [5.74, 6) is -0.948. The number of nitrogens with zero attached hydrogens (tertiary/aromatic N) is 1. The summed E-state index contributed by atoms with van der Waals surface area (Å²) in [6.07, 6.45) is 1.57. The molecule has 2 heterocycles. The fourth-order valence-electron chi connectivity index (χ4n) is 3.46. The van der Waals surface area contributed by atoms with Crippen LogP contribution in [0.25, 0.3) is 0 Å². The summed E-state index contributed by atoms with van der Waals surface area (Å²) in [4.78, 5) is 39.3. The van der Waals surface area contributed by atoms with Crippen LogP contribution < -0.4 is 5.32 Å². The number of nitrogens with one attached hydrogen (secondary N) is 1. The highest BCUT2D eigenvalue weighted by Gasteiger charge is 2.37. The Morgan fingerprint density at radius 2 is 2.00 bits per heavy atom. The number of furan rings is 1. The summed E-state index contributed by atoms with van der Waals surface area (Å²) in [6, 6.07) is 10.5. The molecule has 0 fully saturated rings. The number of carbonyl (C=O) groups excluding carboxylic acids is 3. The van der Waals surface area contributed by atoms with Gasteiger partial charge in [0.15, 0.2) is 0 Å². The fraction of sp³-hybridized carbons (Fsp3) is 0.318. The van der Waals surface area contributed by atoms with Gasteiger partial charge in [0.25, 0.3) is 0 Å². The van der Waals surface area contributed by atoms with Gasteiger partial charge in [0, 0.05) is 23.1 Å². The first-order valence-electron chi connectivity index (χ1n) is 9.63. The molecule has 2 aromatic rings. The van der Waals surface area contributed by atoms with Crippen LogP contribution in [0, 0.1) is 0 Å². The molecule has 3 rings (SSSR count). The average Bonchev–Trinajstić information content (AvgIpc) is 3.23. The first-order valence-corrected chi connectivity index (χ1v) is 10.0. The number of halogens is 1. The number of benzene rings is 1. The third-order valence-electron chi connectivity index (χ3n) is 4.93. The zero-order valence-electron chi connectivity index (χ0n) is 16.8. The zero-order chi connectivity index (χ0) is 21.7. The molecule has 158 valence electrons. The number of hydrogen-bond acceptors (Lipinski definition) is 5. The average molecular weight is 431 g/mol.